The van der Waals surface area contributed by atoms with E-state index in [-0.39, 0.29) is 0 Å². The van der Waals surface area contributed by atoms with Crippen molar-refractivity contribution in [1.82, 2.24) is 5.32 Å². The molecule has 1 aromatic rings. The molecule has 0 aliphatic carbocycles. The van der Waals surface area contributed by atoms with Gasteiger partial charge in [0.2, 0.25) is 5.91 Å². The number of hydrogen-bond acceptors (Lipinski definition) is 4. The Bertz CT molecular complexity index is 437. The third kappa shape index (κ3) is 3.94. The molecule has 1 atom stereocenters. The minimum Gasteiger partial charge on any atom is -0.355 e. The normalized spacial score (nSPS) is 13.4. The highest BCUT2D eigenvalue weighted by molar-refractivity contribution is 7.92. The predicted octanol–water partition coefficient (Wildman–Crippen LogP) is 0.840. The van der Waals surface area contributed by atoms with Gasteiger partial charge in [0, 0.05) is 12.8 Å². The molecule has 0 saturated carbocycles. The van der Waals surface area contributed by atoms with Gasteiger partial charge in [-0.1, -0.05) is 0 Å². The third-order valence-electron chi connectivity index (χ3n) is 2.30. The zero-order valence-corrected chi connectivity index (χ0v) is 10.9. The van der Waals surface area contributed by atoms with Crippen LogP contribution < -0.4 is 5.32 Å². The molecular weight excluding hydrogens is 246 g/mol. The number of carbonyl (C=O) groups excluding carboxylic acids is 1. The van der Waals surface area contributed by atoms with E-state index < -0.39 is 21.0 Å². The van der Waals surface area contributed by atoms with Crippen LogP contribution in [0.25, 0.3) is 0 Å². The van der Waals surface area contributed by atoms with Crippen molar-refractivity contribution in [2.45, 2.75) is 18.6 Å². The minimum atomic E-state index is -3.30. The van der Waals surface area contributed by atoms with E-state index in [0.29, 0.717) is 6.54 Å². The smallest absolute Gasteiger partial charge is 0.238 e. The molecule has 1 unspecified atom stereocenters. The molecule has 0 radical (unpaired) electrons. The summed E-state index contributed by atoms with van der Waals surface area (Å²) in [5, 5.41) is 5.61. The second-order valence-electron chi connectivity index (χ2n) is 3.64. The fourth-order valence-electron chi connectivity index (χ4n) is 1.10. The minimum absolute atomic E-state index is 0.433. The van der Waals surface area contributed by atoms with Gasteiger partial charge in [-0.05, 0) is 35.7 Å². The van der Waals surface area contributed by atoms with Crippen molar-refractivity contribution in [2.24, 2.45) is 0 Å². The van der Waals surface area contributed by atoms with E-state index in [0.717, 1.165) is 18.2 Å². The van der Waals surface area contributed by atoms with Crippen LogP contribution in [0.2, 0.25) is 0 Å². The van der Waals surface area contributed by atoms with Gasteiger partial charge in [0.15, 0.2) is 9.84 Å². The van der Waals surface area contributed by atoms with Crippen LogP contribution in [-0.4, -0.2) is 32.4 Å². The number of rotatable bonds is 5. The average molecular weight is 261 g/mol. The van der Waals surface area contributed by atoms with Crippen molar-refractivity contribution >= 4 is 27.1 Å². The first-order chi connectivity index (χ1) is 7.41. The topological polar surface area (TPSA) is 63.2 Å². The zero-order chi connectivity index (χ0) is 12.2. The highest BCUT2D eigenvalue weighted by Gasteiger charge is 2.22. The van der Waals surface area contributed by atoms with Crippen LogP contribution in [0.4, 0.5) is 0 Å². The number of hydrogen-bond donors (Lipinski definition) is 1. The largest absolute Gasteiger partial charge is 0.355 e. The van der Waals surface area contributed by atoms with Gasteiger partial charge in [0.25, 0.3) is 0 Å². The quantitative estimate of drug-likeness (QED) is 0.854. The lowest BCUT2D eigenvalue weighted by atomic mass is 10.2. The first-order valence-electron chi connectivity index (χ1n) is 4.89. The van der Waals surface area contributed by atoms with E-state index in [1.165, 1.54) is 6.92 Å². The van der Waals surface area contributed by atoms with Crippen LogP contribution in [0.1, 0.15) is 12.5 Å². The zero-order valence-electron chi connectivity index (χ0n) is 9.26. The van der Waals surface area contributed by atoms with E-state index in [4.69, 9.17) is 0 Å². The van der Waals surface area contributed by atoms with E-state index in [2.05, 4.69) is 5.32 Å². The van der Waals surface area contributed by atoms with Crippen molar-refractivity contribution in [2.75, 3.05) is 12.8 Å². The molecule has 0 saturated heterocycles. The van der Waals surface area contributed by atoms with Crippen molar-refractivity contribution in [1.29, 1.82) is 0 Å². The summed E-state index contributed by atoms with van der Waals surface area (Å²) in [4.78, 5) is 11.4. The number of amides is 1. The Morgan fingerprint density at radius 1 is 1.56 bits per heavy atom. The molecular formula is C10H15NO3S2. The molecule has 0 aliphatic heterocycles. The van der Waals surface area contributed by atoms with Crippen molar-refractivity contribution < 1.29 is 13.2 Å². The van der Waals surface area contributed by atoms with Crippen molar-refractivity contribution in [3.63, 3.8) is 0 Å². The Labute approximate surface area is 99.6 Å². The van der Waals surface area contributed by atoms with Crippen molar-refractivity contribution in [3.05, 3.63) is 22.4 Å². The molecule has 1 aromatic heterocycles. The van der Waals surface area contributed by atoms with Gasteiger partial charge in [-0.2, -0.15) is 11.3 Å². The highest BCUT2D eigenvalue weighted by Crippen LogP contribution is 2.05. The van der Waals surface area contributed by atoms with Crippen LogP contribution in [0.5, 0.6) is 0 Å². The first kappa shape index (κ1) is 13.2. The van der Waals surface area contributed by atoms with Crippen LogP contribution in [0.15, 0.2) is 16.8 Å². The average Bonchev–Trinajstić information content (AvgIpc) is 2.67. The monoisotopic (exact) mass is 261 g/mol. The molecule has 0 bridgehead atoms. The fraction of sp³-hybridized carbons (Fsp3) is 0.500. The molecule has 1 rings (SSSR count). The van der Waals surface area contributed by atoms with Gasteiger partial charge in [0.1, 0.15) is 5.25 Å². The van der Waals surface area contributed by atoms with Gasteiger partial charge in [-0.25, -0.2) is 8.42 Å². The van der Waals surface area contributed by atoms with Gasteiger partial charge < -0.3 is 5.32 Å². The summed E-state index contributed by atoms with van der Waals surface area (Å²) in [5.41, 5.74) is 1.15. The number of carbonyl (C=O) groups is 1. The maximum Gasteiger partial charge on any atom is 0.238 e. The molecule has 1 amide bonds. The van der Waals surface area contributed by atoms with Crippen LogP contribution >= 0.6 is 11.3 Å². The molecule has 0 fully saturated rings. The Morgan fingerprint density at radius 3 is 2.75 bits per heavy atom. The molecule has 0 aliphatic rings. The molecule has 6 heteroatoms. The summed E-state index contributed by atoms with van der Waals surface area (Å²) in [6.45, 7) is 1.87. The fourth-order valence-corrected chi connectivity index (χ4v) is 2.28. The second-order valence-corrected chi connectivity index (χ2v) is 6.79. The highest BCUT2D eigenvalue weighted by atomic mass is 32.2. The molecule has 1 N–H and O–H groups in total. The molecule has 0 spiro atoms. The summed E-state index contributed by atoms with van der Waals surface area (Å²) in [6.07, 6.45) is 1.79. The van der Waals surface area contributed by atoms with Gasteiger partial charge in [-0.3, -0.25) is 4.79 Å². The van der Waals surface area contributed by atoms with Crippen LogP contribution in [0.3, 0.4) is 0 Å². The lowest BCUT2D eigenvalue weighted by Gasteiger charge is -2.09. The Balaban J connectivity index is 2.36. The first-order valence-corrected chi connectivity index (χ1v) is 7.78. The van der Waals surface area contributed by atoms with Crippen molar-refractivity contribution in [3.8, 4) is 0 Å². The predicted molar refractivity (Wildman–Crippen MR) is 65.3 cm³/mol. The third-order valence-corrected chi connectivity index (χ3v) is 4.54. The van der Waals surface area contributed by atoms with Gasteiger partial charge in [0.05, 0.1) is 0 Å². The van der Waals surface area contributed by atoms with Gasteiger partial charge >= 0.3 is 0 Å². The Kier molecular flexibility index (Phi) is 4.49. The molecule has 4 nitrogen and oxygen atoms in total. The second kappa shape index (κ2) is 5.45. The molecule has 16 heavy (non-hydrogen) atoms. The Morgan fingerprint density at radius 2 is 2.25 bits per heavy atom. The number of thiophene rings is 1. The summed E-state index contributed by atoms with van der Waals surface area (Å²) in [7, 11) is -3.30. The lowest BCUT2D eigenvalue weighted by molar-refractivity contribution is -0.120. The van der Waals surface area contributed by atoms with Crippen LogP contribution in [-0.2, 0) is 21.1 Å². The maximum atomic E-state index is 11.4. The molecule has 1 heterocycles. The summed E-state index contributed by atoms with van der Waals surface area (Å²) >= 11 is 1.60. The summed E-state index contributed by atoms with van der Waals surface area (Å²) in [6, 6.07) is 1.98. The number of nitrogens with one attached hydrogen (secondary N) is 1. The standard InChI is InChI=1S/C10H15NO3S2/c1-8(16(2,13)14)10(12)11-5-3-9-4-6-15-7-9/h4,6-8H,3,5H2,1-2H3,(H,11,12). The summed E-state index contributed by atoms with van der Waals surface area (Å²) < 4.78 is 22.2. The molecule has 90 valence electrons. The molecule has 0 aromatic carbocycles. The maximum absolute atomic E-state index is 11.4. The Hall–Kier alpha value is -0.880. The van der Waals surface area contributed by atoms with Gasteiger partial charge in [-0.15, -0.1) is 0 Å². The SMILES string of the molecule is CC(C(=O)NCCc1ccsc1)S(C)(=O)=O. The lowest BCUT2D eigenvalue weighted by Crippen LogP contribution is -2.38. The number of sulfone groups is 1. The van der Waals surface area contributed by atoms with E-state index >= 15 is 0 Å². The summed E-state index contributed by atoms with van der Waals surface area (Å²) in [5.74, 6) is -0.433. The van der Waals surface area contributed by atoms with E-state index in [1.54, 1.807) is 11.3 Å². The van der Waals surface area contributed by atoms with E-state index in [1.807, 2.05) is 16.8 Å². The van der Waals surface area contributed by atoms with E-state index in [9.17, 15) is 13.2 Å². The van der Waals surface area contributed by atoms with Crippen LogP contribution in [0, 0.1) is 0 Å².